The minimum absolute atomic E-state index is 0.723. The summed E-state index contributed by atoms with van der Waals surface area (Å²) in [5, 5.41) is 3.00. The Kier molecular flexibility index (Phi) is 2.66. The monoisotopic (exact) mass is 298 g/mol. The minimum atomic E-state index is -2.89. The van der Waals surface area contributed by atoms with Crippen LogP contribution in [0.2, 0.25) is 0 Å². The highest BCUT2D eigenvalue weighted by Gasteiger charge is 2.37. The van der Waals surface area contributed by atoms with E-state index in [-0.39, 0.29) is 0 Å². The van der Waals surface area contributed by atoms with Gasteiger partial charge in [-0.25, -0.2) is 0 Å². The number of benzene rings is 3. The molecule has 0 aliphatic carbocycles. The lowest BCUT2D eigenvalue weighted by Crippen LogP contribution is -2.02. The molecule has 4 rings (SSSR count). The van der Waals surface area contributed by atoms with Gasteiger partial charge in [0.05, 0.1) is 10.2 Å². The lowest BCUT2D eigenvalue weighted by Gasteiger charge is -2.09. The molecule has 0 radical (unpaired) electrons. The summed E-state index contributed by atoms with van der Waals surface area (Å²) in [5.41, 5.74) is 0. The summed E-state index contributed by atoms with van der Waals surface area (Å²) in [4.78, 5) is 0.982. The third-order valence-corrected chi connectivity index (χ3v) is 7.68. The van der Waals surface area contributed by atoms with Crippen LogP contribution in [-0.2, 0) is 4.57 Å². The topological polar surface area (TPSA) is 26.3 Å². The first kappa shape index (κ1) is 12.1. The van der Waals surface area contributed by atoms with Crippen LogP contribution in [0.4, 0.5) is 0 Å². The molecule has 0 saturated heterocycles. The molecule has 4 heteroatoms. The SMILES string of the molecule is O=P1(c2ccccc2)Oc2ccc3ccccc3c2S1. The van der Waals surface area contributed by atoms with E-state index in [9.17, 15) is 4.57 Å². The van der Waals surface area contributed by atoms with Gasteiger partial charge in [-0.3, -0.25) is 4.57 Å². The third kappa shape index (κ3) is 1.78. The summed E-state index contributed by atoms with van der Waals surface area (Å²) in [7, 11) is 0. The lowest BCUT2D eigenvalue weighted by molar-refractivity contribution is 0.509. The lowest BCUT2D eigenvalue weighted by atomic mass is 10.1. The van der Waals surface area contributed by atoms with Crippen LogP contribution >= 0.6 is 18.0 Å². The van der Waals surface area contributed by atoms with E-state index in [2.05, 4.69) is 6.07 Å². The van der Waals surface area contributed by atoms with Crippen molar-refractivity contribution in [2.45, 2.75) is 4.90 Å². The van der Waals surface area contributed by atoms with Gasteiger partial charge in [0, 0.05) is 0 Å². The number of hydrogen-bond acceptors (Lipinski definition) is 3. The van der Waals surface area contributed by atoms with Gasteiger partial charge in [0.15, 0.2) is 0 Å². The van der Waals surface area contributed by atoms with Gasteiger partial charge in [0.2, 0.25) is 0 Å². The Balaban J connectivity index is 1.88. The van der Waals surface area contributed by atoms with Crippen molar-refractivity contribution in [2.24, 2.45) is 0 Å². The highest BCUT2D eigenvalue weighted by atomic mass is 32.7. The van der Waals surface area contributed by atoms with Gasteiger partial charge in [-0.2, -0.15) is 0 Å². The fraction of sp³-hybridized carbons (Fsp3) is 0. The van der Waals surface area contributed by atoms with E-state index in [4.69, 9.17) is 4.52 Å². The Bertz CT molecular complexity index is 845. The van der Waals surface area contributed by atoms with E-state index in [0.29, 0.717) is 0 Å². The highest BCUT2D eigenvalue weighted by Crippen LogP contribution is 2.69. The summed E-state index contributed by atoms with van der Waals surface area (Å²) < 4.78 is 18.9. The fourth-order valence-corrected chi connectivity index (χ4v) is 6.68. The van der Waals surface area contributed by atoms with Crippen LogP contribution in [0.5, 0.6) is 5.75 Å². The van der Waals surface area contributed by atoms with Crippen LogP contribution in [0.1, 0.15) is 0 Å². The molecular weight excluding hydrogens is 287 g/mol. The van der Waals surface area contributed by atoms with Crippen molar-refractivity contribution in [2.75, 3.05) is 0 Å². The highest BCUT2D eigenvalue weighted by molar-refractivity contribution is 8.59. The Morgan fingerprint density at radius 3 is 2.45 bits per heavy atom. The Hall–Kier alpha value is -1.70. The van der Waals surface area contributed by atoms with Crippen molar-refractivity contribution < 1.29 is 9.09 Å². The Morgan fingerprint density at radius 2 is 1.60 bits per heavy atom. The zero-order valence-corrected chi connectivity index (χ0v) is 12.2. The molecule has 0 spiro atoms. The first-order chi connectivity index (χ1) is 9.76. The zero-order valence-electron chi connectivity index (χ0n) is 10.5. The predicted molar refractivity (Wildman–Crippen MR) is 84.1 cm³/mol. The van der Waals surface area contributed by atoms with E-state index in [1.807, 2.05) is 60.7 Å². The van der Waals surface area contributed by atoms with Gasteiger partial charge in [-0.15, -0.1) is 0 Å². The summed E-state index contributed by atoms with van der Waals surface area (Å²) in [6.07, 6.45) is 0. The number of rotatable bonds is 1. The fourth-order valence-electron chi connectivity index (χ4n) is 2.37. The molecule has 1 unspecified atom stereocenters. The summed E-state index contributed by atoms with van der Waals surface area (Å²) in [5.74, 6) is 0.723. The van der Waals surface area contributed by atoms with Gasteiger partial charge in [-0.05, 0) is 40.4 Å². The van der Waals surface area contributed by atoms with E-state index >= 15 is 0 Å². The first-order valence-electron chi connectivity index (χ1n) is 6.33. The molecule has 0 bridgehead atoms. The van der Waals surface area contributed by atoms with Crippen molar-refractivity contribution in [1.82, 2.24) is 0 Å². The number of hydrogen-bond donors (Lipinski definition) is 0. The molecular formula is C16H11O2PS. The summed E-state index contributed by atoms with van der Waals surface area (Å²) in [6, 6.07) is 21.4. The average molecular weight is 298 g/mol. The third-order valence-electron chi connectivity index (χ3n) is 3.35. The summed E-state index contributed by atoms with van der Waals surface area (Å²) >= 11 is 1.35. The smallest absolute Gasteiger partial charge is 0.337 e. The van der Waals surface area contributed by atoms with Crippen LogP contribution in [0.25, 0.3) is 10.8 Å². The standard InChI is InChI=1S/C16H11O2PS/c17-19(13-7-2-1-3-8-13)18-15-11-10-12-6-4-5-9-14(12)16(15)20-19/h1-11H. The van der Waals surface area contributed by atoms with Crippen molar-refractivity contribution in [3.63, 3.8) is 0 Å². The maximum absolute atomic E-state index is 13.1. The molecule has 98 valence electrons. The molecule has 0 aromatic heterocycles. The Morgan fingerprint density at radius 1 is 0.850 bits per heavy atom. The molecule has 0 N–H and O–H groups in total. The maximum atomic E-state index is 13.1. The van der Waals surface area contributed by atoms with E-state index in [1.54, 1.807) is 0 Å². The molecule has 1 atom stereocenters. The average Bonchev–Trinajstić information content (AvgIpc) is 2.86. The van der Waals surface area contributed by atoms with Gasteiger partial charge in [0.1, 0.15) is 5.75 Å². The molecule has 0 saturated carbocycles. The molecule has 2 nitrogen and oxygen atoms in total. The predicted octanol–water partition coefficient (Wildman–Crippen LogP) is 4.84. The molecule has 1 heterocycles. The van der Waals surface area contributed by atoms with Crippen LogP contribution < -0.4 is 9.83 Å². The summed E-state index contributed by atoms with van der Waals surface area (Å²) in [6.45, 7) is -2.89. The van der Waals surface area contributed by atoms with E-state index in [1.165, 1.54) is 11.4 Å². The molecule has 0 fully saturated rings. The van der Waals surface area contributed by atoms with Gasteiger partial charge in [-0.1, -0.05) is 48.5 Å². The van der Waals surface area contributed by atoms with Crippen molar-refractivity contribution in [3.05, 3.63) is 66.7 Å². The molecule has 20 heavy (non-hydrogen) atoms. The van der Waals surface area contributed by atoms with Crippen LogP contribution in [0, 0.1) is 0 Å². The van der Waals surface area contributed by atoms with Gasteiger partial charge in [0.25, 0.3) is 0 Å². The zero-order chi connectivity index (χ0) is 13.6. The van der Waals surface area contributed by atoms with Crippen molar-refractivity contribution in [3.8, 4) is 5.75 Å². The quantitative estimate of drug-likeness (QED) is 0.601. The van der Waals surface area contributed by atoms with Crippen LogP contribution in [0.3, 0.4) is 0 Å². The largest absolute Gasteiger partial charge is 0.432 e. The van der Waals surface area contributed by atoms with Gasteiger partial charge >= 0.3 is 6.57 Å². The Labute approximate surface area is 121 Å². The first-order valence-corrected chi connectivity index (χ1v) is 9.37. The molecule has 0 amide bonds. The second-order valence-corrected chi connectivity index (χ2v) is 8.90. The number of fused-ring (bicyclic) bond motifs is 3. The van der Waals surface area contributed by atoms with Gasteiger partial charge < -0.3 is 4.52 Å². The molecule has 3 aromatic rings. The second kappa shape index (κ2) is 4.41. The second-order valence-electron chi connectivity index (χ2n) is 4.63. The molecule has 3 aromatic carbocycles. The minimum Gasteiger partial charge on any atom is -0.432 e. The van der Waals surface area contributed by atoms with E-state index in [0.717, 1.165) is 26.7 Å². The molecule has 1 aliphatic rings. The normalized spacial score (nSPS) is 20.6. The van der Waals surface area contributed by atoms with Crippen LogP contribution in [-0.4, -0.2) is 0 Å². The maximum Gasteiger partial charge on any atom is 0.337 e. The van der Waals surface area contributed by atoms with Crippen molar-refractivity contribution in [1.29, 1.82) is 0 Å². The van der Waals surface area contributed by atoms with Crippen LogP contribution in [0.15, 0.2) is 71.6 Å². The van der Waals surface area contributed by atoms with E-state index < -0.39 is 6.57 Å². The van der Waals surface area contributed by atoms with Crippen molar-refractivity contribution >= 4 is 34.0 Å². The molecule has 1 aliphatic heterocycles.